The van der Waals surface area contributed by atoms with Gasteiger partial charge in [-0.15, -0.1) is 6.42 Å². The highest BCUT2D eigenvalue weighted by molar-refractivity contribution is 7.80. The first kappa shape index (κ1) is 27.9. The van der Waals surface area contributed by atoms with Gasteiger partial charge in [-0.25, -0.2) is 4.79 Å². The summed E-state index contributed by atoms with van der Waals surface area (Å²) in [6, 6.07) is 5.29. The molecule has 0 heterocycles. The summed E-state index contributed by atoms with van der Waals surface area (Å²) < 4.78 is 5.37. The molecule has 8 heteroatoms. The molecular formula is C28H39N3O4S. The monoisotopic (exact) mass is 513 g/mol. The van der Waals surface area contributed by atoms with E-state index in [1.807, 2.05) is 25.1 Å². The predicted molar refractivity (Wildman–Crippen MR) is 144 cm³/mol. The zero-order chi connectivity index (χ0) is 26.5. The van der Waals surface area contributed by atoms with Crippen molar-refractivity contribution in [3.05, 3.63) is 35.4 Å². The van der Waals surface area contributed by atoms with Crippen LogP contribution in [-0.4, -0.2) is 52.3 Å². The van der Waals surface area contributed by atoms with Crippen molar-refractivity contribution >= 4 is 30.5 Å². The second-order valence-electron chi connectivity index (χ2n) is 10.9. The first-order chi connectivity index (χ1) is 17.1. The number of hydrogen-bond donors (Lipinski definition) is 3. The minimum atomic E-state index is -0.959. The van der Waals surface area contributed by atoms with Crippen LogP contribution in [0.1, 0.15) is 83.4 Å². The molecule has 4 atom stereocenters. The lowest BCUT2D eigenvalue weighted by Crippen LogP contribution is -2.55. The molecule has 0 radical (unpaired) electrons. The Morgan fingerprint density at radius 2 is 1.83 bits per heavy atom. The van der Waals surface area contributed by atoms with E-state index >= 15 is 0 Å². The molecule has 196 valence electrons. The molecule has 2 N–H and O–H groups in total. The number of alkyl carbamates (subject to hydrolysis) is 1. The summed E-state index contributed by atoms with van der Waals surface area (Å²) in [7, 11) is 0. The number of benzene rings is 1. The molecule has 36 heavy (non-hydrogen) atoms. The standard InChI is InChI=1S/C28H39N3O4S/c1-6-19-12-10-11-15-21(19)24(25(32)29-20-13-8-7-9-14-20)31(23-16-18(23)2)26(33)22(17-36)30-27(34)35-28(3,4)5/h1,10-12,15,18,20,22-24,36H,7-9,13-14,16-17H2,2-5H3,(H,29,32)(H,30,34). The van der Waals surface area contributed by atoms with E-state index in [4.69, 9.17) is 11.2 Å². The average Bonchev–Trinajstić information content (AvgIpc) is 3.55. The normalized spacial score (nSPS) is 21.4. The van der Waals surface area contributed by atoms with Gasteiger partial charge in [-0.1, -0.05) is 50.3 Å². The zero-order valence-electron chi connectivity index (χ0n) is 21.8. The third-order valence-corrected chi connectivity index (χ3v) is 7.10. The molecule has 2 aliphatic carbocycles. The van der Waals surface area contributed by atoms with E-state index in [0.717, 1.165) is 32.1 Å². The molecule has 7 nitrogen and oxygen atoms in total. The first-order valence-corrected chi connectivity index (χ1v) is 13.5. The number of ether oxygens (including phenoxy) is 1. The summed E-state index contributed by atoms with van der Waals surface area (Å²) in [5, 5.41) is 5.85. The van der Waals surface area contributed by atoms with Crippen molar-refractivity contribution in [3.8, 4) is 12.3 Å². The highest BCUT2D eigenvalue weighted by Crippen LogP contribution is 2.41. The summed E-state index contributed by atoms with van der Waals surface area (Å²) in [6.45, 7) is 7.31. The van der Waals surface area contributed by atoms with Crippen LogP contribution in [0, 0.1) is 18.3 Å². The Morgan fingerprint density at radius 3 is 2.39 bits per heavy atom. The molecule has 1 aromatic carbocycles. The van der Waals surface area contributed by atoms with Gasteiger partial charge in [-0.2, -0.15) is 12.6 Å². The van der Waals surface area contributed by atoms with Crippen LogP contribution in [0.25, 0.3) is 0 Å². The van der Waals surface area contributed by atoms with Gasteiger partial charge >= 0.3 is 6.09 Å². The maximum atomic E-state index is 14.0. The van der Waals surface area contributed by atoms with Crippen molar-refractivity contribution in [2.24, 2.45) is 5.92 Å². The Balaban J connectivity index is 1.97. The van der Waals surface area contributed by atoms with Gasteiger partial charge in [-0.05, 0) is 57.6 Å². The number of carbonyl (C=O) groups is 3. The second kappa shape index (κ2) is 12.1. The number of carbonyl (C=O) groups excluding carboxylic acids is 3. The Kier molecular flexibility index (Phi) is 9.35. The maximum absolute atomic E-state index is 14.0. The van der Waals surface area contributed by atoms with Crippen molar-refractivity contribution in [1.29, 1.82) is 0 Å². The predicted octanol–water partition coefficient (Wildman–Crippen LogP) is 4.22. The minimum Gasteiger partial charge on any atom is -0.444 e. The Labute approximate surface area is 220 Å². The Morgan fingerprint density at radius 1 is 1.19 bits per heavy atom. The average molecular weight is 514 g/mol. The van der Waals surface area contributed by atoms with Crippen LogP contribution in [-0.2, 0) is 14.3 Å². The molecule has 2 fully saturated rings. The lowest BCUT2D eigenvalue weighted by atomic mass is 9.93. The second-order valence-corrected chi connectivity index (χ2v) is 11.3. The van der Waals surface area contributed by atoms with Gasteiger partial charge in [0.15, 0.2) is 0 Å². The van der Waals surface area contributed by atoms with E-state index < -0.39 is 23.8 Å². The topological polar surface area (TPSA) is 87.7 Å². The van der Waals surface area contributed by atoms with Crippen molar-refractivity contribution in [2.45, 2.75) is 96.0 Å². The molecule has 0 spiro atoms. The molecule has 3 rings (SSSR count). The molecule has 1 aromatic rings. The van der Waals surface area contributed by atoms with Crippen LogP contribution >= 0.6 is 12.6 Å². The number of hydrogen-bond acceptors (Lipinski definition) is 5. The molecule has 0 bridgehead atoms. The minimum absolute atomic E-state index is 0.0590. The fourth-order valence-corrected chi connectivity index (χ4v) is 5.05. The third-order valence-electron chi connectivity index (χ3n) is 6.74. The fourth-order valence-electron chi connectivity index (χ4n) is 4.80. The Hall–Kier alpha value is -2.66. The van der Waals surface area contributed by atoms with E-state index in [1.165, 1.54) is 6.42 Å². The van der Waals surface area contributed by atoms with Gasteiger partial charge in [0.05, 0.1) is 0 Å². The number of nitrogens with zero attached hydrogens (tertiary/aromatic N) is 1. The highest BCUT2D eigenvalue weighted by atomic mass is 32.1. The summed E-state index contributed by atoms with van der Waals surface area (Å²) in [4.78, 5) is 42.0. The van der Waals surface area contributed by atoms with Crippen molar-refractivity contribution < 1.29 is 19.1 Å². The zero-order valence-corrected chi connectivity index (χ0v) is 22.6. The molecule has 4 unspecified atom stereocenters. The van der Waals surface area contributed by atoms with Crippen molar-refractivity contribution in [1.82, 2.24) is 15.5 Å². The number of nitrogens with one attached hydrogen (secondary N) is 2. The van der Waals surface area contributed by atoms with Gasteiger partial charge in [0.2, 0.25) is 11.8 Å². The van der Waals surface area contributed by atoms with Gasteiger partial charge in [0, 0.05) is 23.4 Å². The van der Waals surface area contributed by atoms with E-state index in [0.29, 0.717) is 11.1 Å². The Bertz CT molecular complexity index is 993. The number of terminal acetylenes is 1. The largest absolute Gasteiger partial charge is 0.444 e. The molecule has 0 aromatic heterocycles. The number of amides is 3. The lowest BCUT2D eigenvalue weighted by molar-refractivity contribution is -0.143. The van der Waals surface area contributed by atoms with Gasteiger partial charge in [0.1, 0.15) is 17.7 Å². The van der Waals surface area contributed by atoms with Crippen molar-refractivity contribution in [3.63, 3.8) is 0 Å². The molecule has 3 amide bonds. The van der Waals surface area contributed by atoms with Crippen LogP contribution in [0.5, 0.6) is 0 Å². The van der Waals surface area contributed by atoms with E-state index in [-0.39, 0.29) is 35.6 Å². The van der Waals surface area contributed by atoms with E-state index in [9.17, 15) is 14.4 Å². The number of thiol groups is 1. The van der Waals surface area contributed by atoms with Crippen molar-refractivity contribution in [2.75, 3.05) is 5.75 Å². The molecular weight excluding hydrogens is 474 g/mol. The maximum Gasteiger partial charge on any atom is 0.408 e. The van der Waals surface area contributed by atoms with Crippen LogP contribution < -0.4 is 10.6 Å². The molecule has 2 aliphatic rings. The summed E-state index contributed by atoms with van der Waals surface area (Å²) in [5.41, 5.74) is 0.457. The van der Waals surface area contributed by atoms with Crippen LogP contribution in [0.15, 0.2) is 24.3 Å². The summed E-state index contributed by atoms with van der Waals surface area (Å²) >= 11 is 4.35. The summed E-state index contributed by atoms with van der Waals surface area (Å²) in [6.07, 6.45) is 11.0. The van der Waals surface area contributed by atoms with Gasteiger partial charge in [-0.3, -0.25) is 9.59 Å². The molecule has 0 aliphatic heterocycles. The van der Waals surface area contributed by atoms with Crippen LogP contribution in [0.3, 0.4) is 0 Å². The SMILES string of the molecule is C#Cc1ccccc1C(C(=O)NC1CCCCC1)N(C(=O)C(CS)NC(=O)OC(C)(C)C)C1CC1C. The fraction of sp³-hybridized carbons (Fsp3) is 0.607. The molecule has 2 saturated carbocycles. The smallest absolute Gasteiger partial charge is 0.408 e. The van der Waals surface area contributed by atoms with Crippen LogP contribution in [0.2, 0.25) is 0 Å². The number of rotatable bonds is 8. The first-order valence-electron chi connectivity index (χ1n) is 12.8. The molecule has 0 saturated heterocycles. The third kappa shape index (κ3) is 7.19. The summed E-state index contributed by atoms with van der Waals surface area (Å²) in [5.74, 6) is 2.34. The lowest BCUT2D eigenvalue weighted by Gasteiger charge is -2.36. The van der Waals surface area contributed by atoms with Gasteiger partial charge < -0.3 is 20.3 Å². The van der Waals surface area contributed by atoms with Gasteiger partial charge in [0.25, 0.3) is 0 Å². The quantitative estimate of drug-likeness (QED) is 0.359. The van der Waals surface area contributed by atoms with E-state index in [1.54, 1.807) is 31.7 Å². The van der Waals surface area contributed by atoms with E-state index in [2.05, 4.69) is 29.2 Å². The van der Waals surface area contributed by atoms with Crippen LogP contribution in [0.4, 0.5) is 4.79 Å². The highest BCUT2D eigenvalue weighted by Gasteiger charge is 2.48.